The molecule has 2 N–H and O–H groups in total. The maximum Gasteiger partial charge on any atom is 0.267 e. The Kier molecular flexibility index (Phi) is 8.18. The van der Waals surface area contributed by atoms with Gasteiger partial charge in [0.05, 0.1) is 13.2 Å². The van der Waals surface area contributed by atoms with Crippen LogP contribution in [0.5, 0.6) is 0 Å². The molecule has 0 radical (unpaired) electrons. The van der Waals surface area contributed by atoms with E-state index in [-0.39, 0.29) is 17.5 Å². The van der Waals surface area contributed by atoms with E-state index in [1.165, 1.54) is 0 Å². The van der Waals surface area contributed by atoms with Gasteiger partial charge in [-0.1, -0.05) is 48.0 Å². The zero-order valence-electron chi connectivity index (χ0n) is 17.4. The molecule has 0 atom stereocenters. The number of ether oxygens (including phenoxy) is 1. The van der Waals surface area contributed by atoms with Crippen LogP contribution in [0, 0.1) is 6.92 Å². The predicted octanol–water partition coefficient (Wildman–Crippen LogP) is 2.60. The zero-order valence-corrected chi connectivity index (χ0v) is 17.4. The molecular formula is C24H29N3O3. The summed E-state index contributed by atoms with van der Waals surface area (Å²) in [6, 6.07) is 16.7. The van der Waals surface area contributed by atoms with Crippen LogP contribution in [0.3, 0.4) is 0 Å². The first-order chi connectivity index (χ1) is 14.6. The van der Waals surface area contributed by atoms with E-state index in [1.807, 2.05) is 37.3 Å². The van der Waals surface area contributed by atoms with Crippen LogP contribution in [0.25, 0.3) is 6.08 Å². The summed E-state index contributed by atoms with van der Waals surface area (Å²) in [6.07, 6.45) is 2.55. The van der Waals surface area contributed by atoms with Crippen molar-refractivity contribution < 1.29 is 14.3 Å². The Balaban J connectivity index is 1.62. The van der Waals surface area contributed by atoms with Gasteiger partial charge in [0.15, 0.2) is 0 Å². The topological polar surface area (TPSA) is 70.7 Å². The Morgan fingerprint density at radius 3 is 2.43 bits per heavy atom. The van der Waals surface area contributed by atoms with E-state index in [4.69, 9.17) is 4.74 Å². The highest BCUT2D eigenvalue weighted by Crippen LogP contribution is 2.09. The normalized spacial score (nSPS) is 14.9. The number of benzene rings is 2. The first-order valence-corrected chi connectivity index (χ1v) is 10.3. The minimum Gasteiger partial charge on any atom is -0.379 e. The van der Waals surface area contributed by atoms with Crippen LogP contribution in [-0.2, 0) is 9.53 Å². The molecule has 2 amide bonds. The summed E-state index contributed by atoms with van der Waals surface area (Å²) in [7, 11) is 0. The second-order valence-corrected chi connectivity index (χ2v) is 7.35. The molecule has 158 valence electrons. The lowest BCUT2D eigenvalue weighted by Crippen LogP contribution is -2.39. The average molecular weight is 408 g/mol. The summed E-state index contributed by atoms with van der Waals surface area (Å²) in [5.74, 6) is -0.598. The van der Waals surface area contributed by atoms with Gasteiger partial charge in [0.1, 0.15) is 5.70 Å². The molecule has 1 saturated heterocycles. The Hall–Kier alpha value is -2.96. The number of hydrogen-bond acceptors (Lipinski definition) is 4. The first-order valence-electron chi connectivity index (χ1n) is 10.3. The number of aryl methyl sites for hydroxylation is 1. The van der Waals surface area contributed by atoms with E-state index < -0.39 is 0 Å². The Bertz CT molecular complexity index is 857. The number of nitrogens with one attached hydrogen (secondary N) is 2. The van der Waals surface area contributed by atoms with Crippen LogP contribution in [-0.4, -0.2) is 56.1 Å². The fraction of sp³-hybridized carbons (Fsp3) is 0.333. The van der Waals surface area contributed by atoms with Crippen molar-refractivity contribution in [2.24, 2.45) is 0 Å². The molecule has 1 aliphatic rings. The average Bonchev–Trinajstić information content (AvgIpc) is 2.79. The first kappa shape index (κ1) is 21.7. The molecule has 0 saturated carbocycles. The van der Waals surface area contributed by atoms with Gasteiger partial charge in [0.2, 0.25) is 0 Å². The van der Waals surface area contributed by atoms with Gasteiger partial charge in [-0.25, -0.2) is 0 Å². The lowest BCUT2D eigenvalue weighted by Gasteiger charge is -2.26. The highest BCUT2D eigenvalue weighted by Gasteiger charge is 2.15. The molecule has 6 heteroatoms. The zero-order chi connectivity index (χ0) is 21.2. The van der Waals surface area contributed by atoms with Gasteiger partial charge in [-0.05, 0) is 43.7 Å². The van der Waals surface area contributed by atoms with Crippen molar-refractivity contribution in [2.75, 3.05) is 39.4 Å². The molecule has 1 aliphatic heterocycles. The van der Waals surface area contributed by atoms with Crippen LogP contribution >= 0.6 is 0 Å². The predicted molar refractivity (Wildman–Crippen MR) is 118 cm³/mol. The molecule has 0 spiro atoms. The van der Waals surface area contributed by atoms with Gasteiger partial charge in [-0.3, -0.25) is 14.5 Å². The lowest BCUT2D eigenvalue weighted by atomic mass is 10.1. The molecular weight excluding hydrogens is 378 g/mol. The van der Waals surface area contributed by atoms with E-state index in [1.54, 1.807) is 30.3 Å². The summed E-state index contributed by atoms with van der Waals surface area (Å²) in [6.45, 7) is 6.86. The summed E-state index contributed by atoms with van der Waals surface area (Å²) >= 11 is 0. The Morgan fingerprint density at radius 2 is 1.73 bits per heavy atom. The van der Waals surface area contributed by atoms with Gasteiger partial charge >= 0.3 is 0 Å². The Morgan fingerprint density at radius 1 is 1.03 bits per heavy atom. The molecule has 1 heterocycles. The Labute approximate surface area is 177 Å². The van der Waals surface area contributed by atoms with Crippen molar-refractivity contribution in [3.8, 4) is 0 Å². The minimum atomic E-state index is -0.308. The van der Waals surface area contributed by atoms with E-state index >= 15 is 0 Å². The maximum atomic E-state index is 12.8. The highest BCUT2D eigenvalue weighted by atomic mass is 16.5. The molecule has 2 aromatic rings. The van der Waals surface area contributed by atoms with Crippen molar-refractivity contribution in [1.82, 2.24) is 15.5 Å². The van der Waals surface area contributed by atoms with Gasteiger partial charge in [-0.15, -0.1) is 0 Å². The van der Waals surface area contributed by atoms with E-state index in [9.17, 15) is 9.59 Å². The molecule has 0 aromatic heterocycles. The third-order valence-electron chi connectivity index (χ3n) is 4.96. The van der Waals surface area contributed by atoms with E-state index in [0.717, 1.165) is 50.4 Å². The standard InChI is InChI=1S/C24H29N3O3/c1-19-8-10-20(11-9-19)18-22(26-23(28)21-6-3-2-4-7-21)24(29)25-12-5-13-27-14-16-30-17-15-27/h2-4,6-11,18H,5,12-17H2,1H3,(H,25,29)(H,26,28)/b22-18-. The van der Waals surface area contributed by atoms with Gasteiger partial charge in [0.25, 0.3) is 11.8 Å². The van der Waals surface area contributed by atoms with Crippen molar-refractivity contribution >= 4 is 17.9 Å². The molecule has 2 aromatic carbocycles. The molecule has 6 nitrogen and oxygen atoms in total. The quantitative estimate of drug-likeness (QED) is 0.521. The molecule has 0 aliphatic carbocycles. The summed E-state index contributed by atoms with van der Waals surface area (Å²) in [5, 5.41) is 5.70. The largest absolute Gasteiger partial charge is 0.379 e. The van der Waals surface area contributed by atoms with Crippen molar-refractivity contribution in [3.05, 3.63) is 77.0 Å². The molecule has 1 fully saturated rings. The number of carbonyl (C=O) groups excluding carboxylic acids is 2. The number of carbonyl (C=O) groups is 2. The van der Waals surface area contributed by atoms with Crippen LogP contribution in [0.1, 0.15) is 27.9 Å². The fourth-order valence-electron chi connectivity index (χ4n) is 3.20. The summed E-state index contributed by atoms with van der Waals surface area (Å²) in [4.78, 5) is 27.7. The van der Waals surface area contributed by atoms with Crippen LogP contribution in [0.2, 0.25) is 0 Å². The number of amides is 2. The number of nitrogens with zero attached hydrogens (tertiary/aromatic N) is 1. The van der Waals surface area contributed by atoms with Crippen LogP contribution in [0.4, 0.5) is 0 Å². The SMILES string of the molecule is Cc1ccc(/C=C(\NC(=O)c2ccccc2)C(=O)NCCCN2CCOCC2)cc1. The van der Waals surface area contributed by atoms with E-state index in [0.29, 0.717) is 12.1 Å². The smallest absolute Gasteiger partial charge is 0.267 e. The fourth-order valence-corrected chi connectivity index (χ4v) is 3.20. The van der Waals surface area contributed by atoms with Crippen molar-refractivity contribution in [1.29, 1.82) is 0 Å². The second-order valence-electron chi connectivity index (χ2n) is 7.35. The van der Waals surface area contributed by atoms with Crippen molar-refractivity contribution in [2.45, 2.75) is 13.3 Å². The number of hydrogen-bond donors (Lipinski definition) is 2. The monoisotopic (exact) mass is 407 g/mol. The van der Waals surface area contributed by atoms with Crippen LogP contribution < -0.4 is 10.6 Å². The molecule has 3 rings (SSSR count). The van der Waals surface area contributed by atoms with Gasteiger partial charge in [0, 0.05) is 25.2 Å². The third-order valence-corrected chi connectivity index (χ3v) is 4.96. The molecule has 30 heavy (non-hydrogen) atoms. The highest BCUT2D eigenvalue weighted by molar-refractivity contribution is 6.05. The van der Waals surface area contributed by atoms with Gasteiger partial charge in [-0.2, -0.15) is 0 Å². The number of morpholine rings is 1. The molecule has 0 unspecified atom stereocenters. The lowest BCUT2D eigenvalue weighted by molar-refractivity contribution is -0.117. The second kappa shape index (κ2) is 11.3. The van der Waals surface area contributed by atoms with Crippen LogP contribution in [0.15, 0.2) is 60.3 Å². The van der Waals surface area contributed by atoms with Gasteiger partial charge < -0.3 is 15.4 Å². The third kappa shape index (κ3) is 6.83. The van der Waals surface area contributed by atoms with Crippen molar-refractivity contribution in [3.63, 3.8) is 0 Å². The van der Waals surface area contributed by atoms with E-state index in [2.05, 4.69) is 15.5 Å². The molecule has 0 bridgehead atoms. The summed E-state index contributed by atoms with van der Waals surface area (Å²) in [5.41, 5.74) is 2.73. The maximum absolute atomic E-state index is 12.8. The summed E-state index contributed by atoms with van der Waals surface area (Å²) < 4.78 is 5.35. The number of rotatable bonds is 8. The minimum absolute atomic E-state index is 0.235.